The third-order valence-corrected chi connectivity index (χ3v) is 3.47. The first-order valence-electron chi connectivity index (χ1n) is 6.71. The molecule has 0 unspecified atom stereocenters. The smallest absolute Gasteiger partial charge is 0.407 e. The minimum atomic E-state index is -0.883. The second kappa shape index (κ2) is 5.78. The third kappa shape index (κ3) is 3.10. The average molecular weight is 285 g/mol. The van der Waals surface area contributed by atoms with E-state index in [4.69, 9.17) is 9.84 Å². The van der Waals surface area contributed by atoms with Crippen molar-refractivity contribution in [3.8, 4) is 5.75 Å². The van der Waals surface area contributed by atoms with Gasteiger partial charge in [-0.15, -0.1) is 0 Å². The standard InChI is InChI=1S/C15H15N3O3/c19-15(20)18-7-5-11-3-4-14(8-12(11)9-18)21-10-13-2-1-6-16-17-13/h1-4,6,8H,5,7,9-10H2,(H,19,20). The number of fused-ring (bicyclic) bond motifs is 1. The number of benzene rings is 1. The van der Waals surface area contributed by atoms with Gasteiger partial charge >= 0.3 is 6.09 Å². The molecule has 6 heteroatoms. The van der Waals surface area contributed by atoms with Crippen LogP contribution in [0.5, 0.6) is 5.75 Å². The van der Waals surface area contributed by atoms with Crippen molar-refractivity contribution in [2.75, 3.05) is 6.54 Å². The highest BCUT2D eigenvalue weighted by molar-refractivity contribution is 5.65. The number of rotatable bonds is 3. The second-order valence-corrected chi connectivity index (χ2v) is 4.89. The molecule has 0 atom stereocenters. The third-order valence-electron chi connectivity index (χ3n) is 3.47. The zero-order chi connectivity index (χ0) is 14.7. The highest BCUT2D eigenvalue weighted by Crippen LogP contribution is 2.24. The summed E-state index contributed by atoms with van der Waals surface area (Å²) in [6.07, 6.45) is 1.47. The lowest BCUT2D eigenvalue weighted by Gasteiger charge is -2.26. The van der Waals surface area contributed by atoms with E-state index >= 15 is 0 Å². The lowest BCUT2D eigenvalue weighted by atomic mass is 10.00. The van der Waals surface area contributed by atoms with Crippen molar-refractivity contribution in [2.24, 2.45) is 0 Å². The van der Waals surface area contributed by atoms with Gasteiger partial charge in [-0.3, -0.25) is 0 Å². The minimum absolute atomic E-state index is 0.343. The molecule has 21 heavy (non-hydrogen) atoms. The van der Waals surface area contributed by atoms with Crippen molar-refractivity contribution in [3.05, 3.63) is 53.3 Å². The molecular formula is C15H15N3O3. The van der Waals surface area contributed by atoms with Crippen LogP contribution >= 0.6 is 0 Å². The van der Waals surface area contributed by atoms with Gasteiger partial charge in [0, 0.05) is 19.3 Å². The fraction of sp³-hybridized carbons (Fsp3) is 0.267. The molecule has 0 bridgehead atoms. The molecule has 6 nitrogen and oxygen atoms in total. The Morgan fingerprint density at radius 2 is 2.24 bits per heavy atom. The second-order valence-electron chi connectivity index (χ2n) is 4.89. The maximum atomic E-state index is 11.0. The van der Waals surface area contributed by atoms with Gasteiger partial charge in [-0.1, -0.05) is 6.07 Å². The number of amides is 1. The number of ether oxygens (including phenoxy) is 1. The quantitative estimate of drug-likeness (QED) is 0.934. The van der Waals surface area contributed by atoms with E-state index in [2.05, 4.69) is 10.2 Å². The fourth-order valence-corrected chi connectivity index (χ4v) is 2.35. The Hall–Kier alpha value is -2.63. The van der Waals surface area contributed by atoms with E-state index < -0.39 is 6.09 Å². The van der Waals surface area contributed by atoms with Crippen LogP contribution in [0.15, 0.2) is 36.5 Å². The molecule has 1 aliphatic rings. The van der Waals surface area contributed by atoms with Gasteiger partial charge in [-0.25, -0.2) is 4.79 Å². The number of aromatic nitrogens is 2. The first-order valence-corrected chi connectivity index (χ1v) is 6.71. The van der Waals surface area contributed by atoms with Crippen molar-refractivity contribution in [1.29, 1.82) is 0 Å². The maximum Gasteiger partial charge on any atom is 0.407 e. The van der Waals surface area contributed by atoms with E-state index in [1.54, 1.807) is 6.20 Å². The number of hydrogen-bond acceptors (Lipinski definition) is 4. The first kappa shape index (κ1) is 13.4. The van der Waals surface area contributed by atoms with E-state index in [1.165, 1.54) is 10.5 Å². The molecule has 2 aromatic rings. The highest BCUT2D eigenvalue weighted by Gasteiger charge is 2.20. The van der Waals surface area contributed by atoms with E-state index in [1.807, 2.05) is 30.3 Å². The molecule has 1 amide bonds. The predicted octanol–water partition coefficient (Wildman–Crippen LogP) is 2.09. The molecule has 1 aromatic heterocycles. The molecule has 2 heterocycles. The summed E-state index contributed by atoms with van der Waals surface area (Å²) in [7, 11) is 0. The molecular weight excluding hydrogens is 270 g/mol. The summed E-state index contributed by atoms with van der Waals surface area (Å²) in [5, 5.41) is 16.8. The van der Waals surface area contributed by atoms with Crippen LogP contribution in [0.1, 0.15) is 16.8 Å². The van der Waals surface area contributed by atoms with Crippen LogP contribution in [0.3, 0.4) is 0 Å². The molecule has 3 rings (SSSR count). The predicted molar refractivity (Wildman–Crippen MR) is 74.9 cm³/mol. The fourth-order valence-electron chi connectivity index (χ4n) is 2.35. The van der Waals surface area contributed by atoms with Gasteiger partial charge in [-0.2, -0.15) is 10.2 Å². The Bertz CT molecular complexity index is 646. The van der Waals surface area contributed by atoms with E-state index in [0.717, 1.165) is 17.7 Å². The van der Waals surface area contributed by atoms with Crippen LogP contribution in [0.2, 0.25) is 0 Å². The van der Waals surface area contributed by atoms with Crippen molar-refractivity contribution in [3.63, 3.8) is 0 Å². The van der Waals surface area contributed by atoms with Gasteiger partial charge in [0.05, 0.1) is 0 Å². The molecule has 0 saturated carbocycles. The summed E-state index contributed by atoms with van der Waals surface area (Å²) in [4.78, 5) is 12.5. The van der Waals surface area contributed by atoms with E-state index in [0.29, 0.717) is 25.4 Å². The number of carboxylic acid groups (broad SMARTS) is 1. The lowest BCUT2D eigenvalue weighted by molar-refractivity contribution is 0.140. The van der Waals surface area contributed by atoms with Gasteiger partial charge in [0.2, 0.25) is 0 Å². The summed E-state index contributed by atoms with van der Waals surface area (Å²) in [5.41, 5.74) is 2.93. The Morgan fingerprint density at radius 1 is 1.33 bits per heavy atom. The van der Waals surface area contributed by atoms with Crippen LogP contribution in [0, 0.1) is 0 Å². The molecule has 0 fully saturated rings. The van der Waals surface area contributed by atoms with E-state index in [9.17, 15) is 4.79 Å². The Kier molecular flexibility index (Phi) is 3.68. The molecule has 1 aromatic carbocycles. The lowest BCUT2D eigenvalue weighted by Crippen LogP contribution is -2.34. The van der Waals surface area contributed by atoms with Crippen molar-refractivity contribution in [2.45, 2.75) is 19.6 Å². The zero-order valence-electron chi connectivity index (χ0n) is 11.4. The summed E-state index contributed by atoms with van der Waals surface area (Å²) >= 11 is 0. The Balaban J connectivity index is 1.71. The van der Waals surface area contributed by atoms with Crippen molar-refractivity contribution >= 4 is 6.09 Å². The Morgan fingerprint density at radius 3 is 3.00 bits per heavy atom. The molecule has 0 radical (unpaired) electrons. The molecule has 1 aliphatic heterocycles. The average Bonchev–Trinajstić information content (AvgIpc) is 2.53. The van der Waals surface area contributed by atoms with Crippen LogP contribution in [-0.4, -0.2) is 32.8 Å². The molecule has 1 N–H and O–H groups in total. The van der Waals surface area contributed by atoms with Crippen LogP contribution in [-0.2, 0) is 19.6 Å². The SMILES string of the molecule is O=C(O)N1CCc2ccc(OCc3cccnn3)cc2C1. The monoisotopic (exact) mass is 285 g/mol. The largest absolute Gasteiger partial charge is 0.487 e. The van der Waals surface area contributed by atoms with Crippen molar-refractivity contribution in [1.82, 2.24) is 15.1 Å². The first-order chi connectivity index (χ1) is 10.2. The number of hydrogen-bond donors (Lipinski definition) is 1. The van der Waals surface area contributed by atoms with E-state index in [-0.39, 0.29) is 0 Å². The summed E-state index contributed by atoms with van der Waals surface area (Å²) in [5.74, 6) is 0.714. The molecule has 0 aliphatic carbocycles. The van der Waals surface area contributed by atoms with Gasteiger partial charge < -0.3 is 14.7 Å². The summed E-state index contributed by atoms with van der Waals surface area (Å²) < 4.78 is 5.69. The topological polar surface area (TPSA) is 75.5 Å². The van der Waals surface area contributed by atoms with Crippen LogP contribution < -0.4 is 4.74 Å². The normalized spacial score (nSPS) is 13.6. The van der Waals surface area contributed by atoms with Gasteiger partial charge in [0.15, 0.2) is 0 Å². The molecule has 108 valence electrons. The van der Waals surface area contributed by atoms with Gasteiger partial charge in [0.1, 0.15) is 18.1 Å². The van der Waals surface area contributed by atoms with Crippen LogP contribution in [0.4, 0.5) is 4.79 Å². The minimum Gasteiger partial charge on any atom is -0.487 e. The van der Waals surface area contributed by atoms with Crippen LogP contribution in [0.25, 0.3) is 0 Å². The Labute approximate surface area is 122 Å². The number of nitrogens with zero attached hydrogens (tertiary/aromatic N) is 3. The highest BCUT2D eigenvalue weighted by atomic mass is 16.5. The van der Waals surface area contributed by atoms with Gasteiger partial charge in [0.25, 0.3) is 0 Å². The zero-order valence-corrected chi connectivity index (χ0v) is 11.4. The maximum absolute atomic E-state index is 11.0. The molecule has 0 saturated heterocycles. The molecule has 0 spiro atoms. The van der Waals surface area contributed by atoms with Crippen molar-refractivity contribution < 1.29 is 14.6 Å². The summed E-state index contributed by atoms with van der Waals surface area (Å²) in [6, 6.07) is 9.47. The van der Waals surface area contributed by atoms with Gasteiger partial charge in [-0.05, 0) is 41.8 Å². The summed E-state index contributed by atoms with van der Waals surface area (Å²) in [6.45, 7) is 1.30. The number of carbonyl (C=O) groups is 1.